The van der Waals surface area contributed by atoms with E-state index in [2.05, 4.69) is 0 Å². The molecule has 5 rings (SSSR count). The Bertz CT molecular complexity index is 1460. The predicted molar refractivity (Wildman–Crippen MR) is 165 cm³/mol. The van der Waals surface area contributed by atoms with Crippen molar-refractivity contribution < 1.29 is 48.0 Å². The average molecular weight is 637 g/mol. The van der Waals surface area contributed by atoms with E-state index in [9.17, 15) is 24.3 Å². The summed E-state index contributed by atoms with van der Waals surface area (Å²) in [6, 6.07) is 16.7. The highest BCUT2D eigenvalue weighted by Gasteiger charge is 2.82. The fourth-order valence-electron chi connectivity index (χ4n) is 8.07. The molecule has 1 heterocycles. The lowest BCUT2D eigenvalue weighted by Gasteiger charge is -2.63. The van der Waals surface area contributed by atoms with Gasteiger partial charge in [-0.15, -0.1) is 0 Å². The SMILES string of the molecule is CCC(C)C(=O)O[C@H]1C[C@@H](C)[C@]23OC(C)(C)[C@H]([C@@H](OC(=O)c4ccccc4)[C@H](OC(=O)c4ccccc4)[C@]2(C)[C@H]1OC(C)=O)[C@@H]3O. The Balaban J connectivity index is 1.71. The summed E-state index contributed by atoms with van der Waals surface area (Å²) in [4.78, 5) is 53.5. The molecular formula is C36H44O10. The first-order chi connectivity index (χ1) is 21.7. The lowest BCUT2D eigenvalue weighted by atomic mass is 9.47. The molecule has 46 heavy (non-hydrogen) atoms. The smallest absolute Gasteiger partial charge is 0.338 e. The Labute approximate surface area is 269 Å². The van der Waals surface area contributed by atoms with E-state index < -0.39 is 88.8 Å². The summed E-state index contributed by atoms with van der Waals surface area (Å²) < 4.78 is 31.6. The van der Waals surface area contributed by atoms with Crippen LogP contribution in [0.15, 0.2) is 60.7 Å². The van der Waals surface area contributed by atoms with Gasteiger partial charge in [0.15, 0.2) is 12.2 Å². The third-order valence-corrected chi connectivity index (χ3v) is 10.4. The van der Waals surface area contributed by atoms with Gasteiger partial charge >= 0.3 is 23.9 Å². The van der Waals surface area contributed by atoms with Crippen molar-refractivity contribution in [2.75, 3.05) is 0 Å². The molecule has 0 amide bonds. The van der Waals surface area contributed by atoms with E-state index in [4.69, 9.17) is 23.7 Å². The summed E-state index contributed by atoms with van der Waals surface area (Å²) in [6.45, 7) is 12.0. The lowest BCUT2D eigenvalue weighted by Crippen LogP contribution is -2.78. The standard InChI is InChI=1S/C36H44O10/c1-8-20(2)31(39)43-25-19-21(3)36-28(38)26(34(5,6)46-36)27(44-32(40)23-15-11-9-12-16-23)30(35(36,7)29(25)42-22(4)37)45-33(41)24-17-13-10-14-18-24/h9-18,20-21,25-30,38H,8,19H2,1-7H3/t20?,21-,25+,26-,27-,28+,29+,30+,35+,36-/m1/s1. The Morgan fingerprint density at radius 3 is 1.93 bits per heavy atom. The van der Waals surface area contributed by atoms with Crippen molar-refractivity contribution in [3.05, 3.63) is 71.8 Å². The van der Waals surface area contributed by atoms with Crippen LogP contribution in [-0.4, -0.2) is 70.7 Å². The number of fused-ring (bicyclic) bond motifs is 1. The van der Waals surface area contributed by atoms with Crippen LogP contribution in [0.25, 0.3) is 0 Å². The van der Waals surface area contributed by atoms with Gasteiger partial charge in [0.05, 0.1) is 40.1 Å². The molecule has 2 aliphatic carbocycles. The van der Waals surface area contributed by atoms with Crippen LogP contribution in [0.1, 0.15) is 82.0 Å². The number of carbonyl (C=O) groups is 4. The number of aliphatic hydroxyl groups excluding tert-OH is 1. The van der Waals surface area contributed by atoms with E-state index >= 15 is 0 Å². The number of hydrogen-bond donors (Lipinski definition) is 1. The van der Waals surface area contributed by atoms with Crippen LogP contribution in [0.5, 0.6) is 0 Å². The van der Waals surface area contributed by atoms with Gasteiger partial charge in [0.25, 0.3) is 0 Å². The van der Waals surface area contributed by atoms with Gasteiger partial charge in [-0.2, -0.15) is 0 Å². The summed E-state index contributed by atoms with van der Waals surface area (Å²) in [6.07, 6.45) is -5.29. The van der Waals surface area contributed by atoms with Crippen molar-refractivity contribution in [3.8, 4) is 0 Å². The van der Waals surface area contributed by atoms with Crippen LogP contribution in [0.2, 0.25) is 0 Å². The second-order valence-corrected chi connectivity index (χ2v) is 13.6. The van der Waals surface area contributed by atoms with Gasteiger partial charge in [-0.3, -0.25) is 9.59 Å². The van der Waals surface area contributed by atoms with Crippen molar-refractivity contribution in [1.29, 1.82) is 0 Å². The minimum absolute atomic E-state index is 0.198. The van der Waals surface area contributed by atoms with Gasteiger partial charge in [-0.1, -0.05) is 57.2 Å². The monoisotopic (exact) mass is 636 g/mol. The molecule has 2 bridgehead atoms. The largest absolute Gasteiger partial charge is 0.458 e. The molecule has 1 saturated heterocycles. The van der Waals surface area contributed by atoms with Gasteiger partial charge < -0.3 is 28.8 Å². The van der Waals surface area contributed by atoms with Gasteiger partial charge in [0.1, 0.15) is 17.8 Å². The van der Waals surface area contributed by atoms with E-state index in [1.807, 2.05) is 13.8 Å². The molecule has 3 aliphatic rings. The quantitative estimate of drug-likeness (QED) is 0.315. The number of ether oxygens (including phenoxy) is 5. The van der Waals surface area contributed by atoms with Crippen LogP contribution < -0.4 is 0 Å². The Hall–Kier alpha value is -3.76. The molecule has 0 aromatic heterocycles. The predicted octanol–water partition coefficient (Wildman–Crippen LogP) is 4.91. The molecule has 2 saturated carbocycles. The topological polar surface area (TPSA) is 135 Å². The van der Waals surface area contributed by atoms with Crippen LogP contribution in [0.4, 0.5) is 0 Å². The van der Waals surface area contributed by atoms with Crippen LogP contribution >= 0.6 is 0 Å². The Morgan fingerprint density at radius 2 is 1.41 bits per heavy atom. The van der Waals surface area contributed by atoms with Gasteiger partial charge in [-0.05, 0) is 63.8 Å². The zero-order valence-corrected chi connectivity index (χ0v) is 27.4. The summed E-state index contributed by atoms with van der Waals surface area (Å²) in [5, 5.41) is 12.3. The minimum atomic E-state index is -1.58. The zero-order chi connectivity index (χ0) is 33.6. The molecule has 10 atom stereocenters. The molecule has 248 valence electrons. The van der Waals surface area contributed by atoms with Crippen molar-refractivity contribution in [2.24, 2.45) is 23.2 Å². The normalized spacial score (nSPS) is 34.8. The maximum absolute atomic E-state index is 13.8. The fraction of sp³-hybridized carbons (Fsp3) is 0.556. The number of carbonyl (C=O) groups excluding carboxylic acids is 4. The highest BCUT2D eigenvalue weighted by Crippen LogP contribution is 2.67. The molecule has 1 unspecified atom stereocenters. The molecular weight excluding hydrogens is 592 g/mol. The first kappa shape index (κ1) is 33.6. The first-order valence-corrected chi connectivity index (χ1v) is 16.0. The highest BCUT2D eigenvalue weighted by molar-refractivity contribution is 5.90. The Kier molecular flexibility index (Phi) is 9.09. The zero-order valence-electron chi connectivity index (χ0n) is 27.4. The van der Waals surface area contributed by atoms with Crippen LogP contribution in [0, 0.1) is 23.2 Å². The molecule has 1 N–H and O–H groups in total. The number of esters is 4. The molecule has 0 radical (unpaired) electrons. The number of hydrogen-bond acceptors (Lipinski definition) is 10. The molecule has 1 spiro atoms. The van der Waals surface area contributed by atoms with Crippen LogP contribution in [0.3, 0.4) is 0 Å². The third-order valence-electron chi connectivity index (χ3n) is 10.4. The van der Waals surface area contributed by atoms with E-state index in [1.54, 1.807) is 88.4 Å². The number of benzene rings is 2. The van der Waals surface area contributed by atoms with Gasteiger partial charge in [-0.25, -0.2) is 9.59 Å². The van der Waals surface area contributed by atoms with Crippen molar-refractivity contribution in [1.82, 2.24) is 0 Å². The fourth-order valence-corrected chi connectivity index (χ4v) is 8.07. The summed E-state index contributed by atoms with van der Waals surface area (Å²) >= 11 is 0. The molecule has 2 aromatic carbocycles. The molecule has 10 nitrogen and oxygen atoms in total. The lowest BCUT2D eigenvalue weighted by molar-refractivity contribution is -0.313. The maximum atomic E-state index is 13.8. The van der Waals surface area contributed by atoms with Crippen molar-refractivity contribution in [2.45, 2.75) is 103 Å². The van der Waals surface area contributed by atoms with Crippen molar-refractivity contribution in [3.63, 3.8) is 0 Å². The van der Waals surface area contributed by atoms with E-state index in [0.717, 1.165) is 0 Å². The number of aliphatic hydroxyl groups is 1. The van der Waals surface area contributed by atoms with Crippen LogP contribution in [-0.2, 0) is 33.3 Å². The van der Waals surface area contributed by atoms with E-state index in [0.29, 0.717) is 6.42 Å². The molecule has 2 aromatic rings. The summed E-state index contributed by atoms with van der Waals surface area (Å²) in [5.74, 6) is -4.28. The summed E-state index contributed by atoms with van der Waals surface area (Å²) in [5.41, 5.74) is -3.62. The second-order valence-electron chi connectivity index (χ2n) is 13.6. The molecule has 10 heteroatoms. The first-order valence-electron chi connectivity index (χ1n) is 16.0. The Morgan fingerprint density at radius 1 is 0.870 bits per heavy atom. The number of rotatable bonds is 8. The minimum Gasteiger partial charge on any atom is -0.458 e. The van der Waals surface area contributed by atoms with Gasteiger partial charge in [0, 0.05) is 6.92 Å². The third kappa shape index (κ3) is 5.39. The second kappa shape index (κ2) is 12.4. The molecule has 3 fully saturated rings. The van der Waals surface area contributed by atoms with E-state index in [-0.39, 0.29) is 17.5 Å². The highest BCUT2D eigenvalue weighted by atomic mass is 16.6. The molecule has 1 aliphatic heterocycles. The van der Waals surface area contributed by atoms with E-state index in [1.165, 1.54) is 6.92 Å². The van der Waals surface area contributed by atoms with Gasteiger partial charge in [0.2, 0.25) is 0 Å². The van der Waals surface area contributed by atoms with Crippen molar-refractivity contribution >= 4 is 23.9 Å². The average Bonchev–Trinajstić information content (AvgIpc) is 3.21. The maximum Gasteiger partial charge on any atom is 0.338 e. The summed E-state index contributed by atoms with van der Waals surface area (Å²) in [7, 11) is 0.